The zero-order valence-corrected chi connectivity index (χ0v) is 21.2. The molecule has 0 amide bonds. The molecule has 0 saturated carbocycles. The molecule has 1 unspecified atom stereocenters. The lowest BCUT2D eigenvalue weighted by molar-refractivity contribution is 0.0977. The normalized spacial score (nSPS) is 19.1. The summed E-state index contributed by atoms with van der Waals surface area (Å²) in [6, 6.07) is 15.5. The molecule has 6 rings (SSSR count). The second-order valence-corrected chi connectivity index (χ2v) is 11.1. The summed E-state index contributed by atoms with van der Waals surface area (Å²) < 4.78 is 3.29. The maximum atomic E-state index is 12.8. The van der Waals surface area contributed by atoms with Crippen LogP contribution in [0.5, 0.6) is 0 Å². The van der Waals surface area contributed by atoms with Gasteiger partial charge in [-0.1, -0.05) is 42.0 Å². The Balaban J connectivity index is 1.12. The standard InChI is InChI=1S/C29H34N4OS/c34-27(8-2-5-18-32-16-3-1-4-17-32)23-13-14-26-28(19-23)35-29-31-25(20-33(26)29)22-11-9-21(10-12-22)24-7-6-15-30-24/h9-14,19-20,24,30H,1-8,15-18H2. The van der Waals surface area contributed by atoms with E-state index in [9.17, 15) is 4.79 Å². The molecule has 0 bridgehead atoms. The molecule has 1 N–H and O–H groups in total. The Hall–Kier alpha value is -2.54. The molecule has 2 aromatic heterocycles. The number of unbranched alkanes of at least 4 members (excludes halogenated alkanes) is 1. The van der Waals surface area contributed by atoms with Gasteiger partial charge in [-0.15, -0.1) is 0 Å². The van der Waals surface area contributed by atoms with Crippen LogP contribution in [0.15, 0.2) is 48.7 Å². The minimum absolute atomic E-state index is 0.258. The minimum atomic E-state index is 0.258. The molecular weight excluding hydrogens is 452 g/mol. The van der Waals surface area contributed by atoms with Gasteiger partial charge in [0.15, 0.2) is 10.7 Å². The lowest BCUT2D eigenvalue weighted by Gasteiger charge is -2.26. The van der Waals surface area contributed by atoms with Crippen molar-refractivity contribution in [2.45, 2.75) is 57.4 Å². The van der Waals surface area contributed by atoms with E-state index in [2.05, 4.69) is 57.2 Å². The molecule has 6 heteroatoms. The van der Waals surface area contributed by atoms with Crippen LogP contribution in [-0.2, 0) is 0 Å². The van der Waals surface area contributed by atoms with Gasteiger partial charge >= 0.3 is 0 Å². The van der Waals surface area contributed by atoms with Crippen molar-refractivity contribution in [2.24, 2.45) is 0 Å². The predicted octanol–water partition coefficient (Wildman–Crippen LogP) is 6.48. The summed E-state index contributed by atoms with van der Waals surface area (Å²) in [6.07, 6.45) is 11.3. The topological polar surface area (TPSA) is 49.6 Å². The van der Waals surface area contributed by atoms with Gasteiger partial charge in [0.2, 0.25) is 0 Å². The lowest BCUT2D eigenvalue weighted by atomic mass is 10.0. The van der Waals surface area contributed by atoms with Crippen molar-refractivity contribution in [3.05, 3.63) is 59.8 Å². The third kappa shape index (κ3) is 4.92. The Morgan fingerprint density at radius 1 is 1.03 bits per heavy atom. The maximum absolute atomic E-state index is 12.8. The second-order valence-electron chi connectivity index (χ2n) is 10.1. The average Bonchev–Trinajstić information content (AvgIpc) is 3.64. The number of carbonyl (C=O) groups is 1. The number of thiazole rings is 1. The van der Waals surface area contributed by atoms with Gasteiger partial charge < -0.3 is 10.2 Å². The maximum Gasteiger partial charge on any atom is 0.195 e. The van der Waals surface area contributed by atoms with E-state index in [4.69, 9.17) is 4.98 Å². The first-order valence-corrected chi connectivity index (χ1v) is 14.1. The first kappa shape index (κ1) is 22.9. The molecule has 2 aliphatic rings. The van der Waals surface area contributed by atoms with Gasteiger partial charge in [0.05, 0.1) is 15.9 Å². The first-order chi connectivity index (χ1) is 17.2. The number of fused-ring (bicyclic) bond motifs is 3. The van der Waals surface area contributed by atoms with E-state index in [1.807, 2.05) is 6.07 Å². The van der Waals surface area contributed by atoms with Crippen molar-refractivity contribution in [3.8, 4) is 11.3 Å². The van der Waals surface area contributed by atoms with Gasteiger partial charge in [-0.25, -0.2) is 4.98 Å². The number of imidazole rings is 1. The molecule has 4 aromatic rings. The fraction of sp³-hybridized carbons (Fsp3) is 0.448. The average molecular weight is 487 g/mol. The highest BCUT2D eigenvalue weighted by Crippen LogP contribution is 2.31. The molecule has 182 valence electrons. The number of benzene rings is 2. The number of rotatable bonds is 8. The van der Waals surface area contributed by atoms with E-state index < -0.39 is 0 Å². The number of Topliss-reactive ketones (excluding diaryl/α,β-unsaturated/α-hetero) is 1. The molecule has 35 heavy (non-hydrogen) atoms. The van der Waals surface area contributed by atoms with Crippen LogP contribution in [0.1, 0.15) is 73.3 Å². The zero-order chi connectivity index (χ0) is 23.6. The van der Waals surface area contributed by atoms with Crippen LogP contribution in [0.25, 0.3) is 26.4 Å². The monoisotopic (exact) mass is 486 g/mol. The van der Waals surface area contributed by atoms with E-state index in [0.717, 1.165) is 57.9 Å². The number of hydrogen-bond acceptors (Lipinski definition) is 5. The third-order valence-corrected chi connectivity index (χ3v) is 8.68. The van der Waals surface area contributed by atoms with Crippen LogP contribution >= 0.6 is 11.3 Å². The highest BCUT2D eigenvalue weighted by Gasteiger charge is 2.17. The van der Waals surface area contributed by atoms with Gasteiger partial charge in [0.25, 0.3) is 0 Å². The summed E-state index contributed by atoms with van der Waals surface area (Å²) in [7, 11) is 0. The summed E-state index contributed by atoms with van der Waals surface area (Å²) in [4.78, 5) is 21.2. The van der Waals surface area contributed by atoms with Crippen molar-refractivity contribution in [1.29, 1.82) is 0 Å². The van der Waals surface area contributed by atoms with Crippen LogP contribution in [0.3, 0.4) is 0 Å². The number of nitrogens with one attached hydrogen (secondary N) is 1. The quantitative estimate of drug-likeness (QED) is 0.229. The number of ketones is 1. The summed E-state index contributed by atoms with van der Waals surface area (Å²) in [5.74, 6) is 0.258. The van der Waals surface area contributed by atoms with Gasteiger partial charge in [-0.3, -0.25) is 9.20 Å². The highest BCUT2D eigenvalue weighted by atomic mass is 32.1. The summed E-state index contributed by atoms with van der Waals surface area (Å²) in [6.45, 7) is 4.71. The molecule has 0 radical (unpaired) electrons. The Bertz CT molecular complexity index is 1310. The van der Waals surface area contributed by atoms with E-state index in [0.29, 0.717) is 12.5 Å². The fourth-order valence-electron chi connectivity index (χ4n) is 5.62. The van der Waals surface area contributed by atoms with Crippen LogP contribution in [-0.4, -0.2) is 46.2 Å². The van der Waals surface area contributed by atoms with Gasteiger partial charge in [0.1, 0.15) is 0 Å². The predicted molar refractivity (Wildman–Crippen MR) is 144 cm³/mol. The zero-order valence-electron chi connectivity index (χ0n) is 20.3. The molecule has 0 aliphatic carbocycles. The Kier molecular flexibility index (Phi) is 6.68. The molecule has 2 fully saturated rings. The first-order valence-electron chi connectivity index (χ1n) is 13.3. The van der Waals surface area contributed by atoms with Crippen LogP contribution in [0, 0.1) is 0 Å². The largest absolute Gasteiger partial charge is 0.310 e. The number of hydrogen-bond donors (Lipinski definition) is 1. The molecule has 0 spiro atoms. The number of carbonyl (C=O) groups excluding carboxylic acids is 1. The summed E-state index contributed by atoms with van der Waals surface area (Å²) >= 11 is 1.66. The molecule has 4 heterocycles. The number of nitrogens with zero attached hydrogens (tertiary/aromatic N) is 3. The van der Waals surface area contributed by atoms with E-state index in [1.165, 1.54) is 50.8 Å². The van der Waals surface area contributed by atoms with Crippen molar-refractivity contribution in [1.82, 2.24) is 19.6 Å². The summed E-state index contributed by atoms with van der Waals surface area (Å²) in [5.41, 5.74) is 5.46. The van der Waals surface area contributed by atoms with Gasteiger partial charge in [-0.2, -0.15) is 0 Å². The van der Waals surface area contributed by atoms with Crippen molar-refractivity contribution in [3.63, 3.8) is 0 Å². The number of piperidine rings is 1. The van der Waals surface area contributed by atoms with E-state index in [-0.39, 0.29) is 5.78 Å². The van der Waals surface area contributed by atoms with Gasteiger partial charge in [0, 0.05) is 29.8 Å². The third-order valence-electron chi connectivity index (χ3n) is 7.66. The molecular formula is C29H34N4OS. The summed E-state index contributed by atoms with van der Waals surface area (Å²) in [5, 5.41) is 3.57. The second kappa shape index (κ2) is 10.2. The smallest absolute Gasteiger partial charge is 0.195 e. The number of likely N-dealkylation sites (tertiary alicyclic amines) is 1. The molecule has 2 saturated heterocycles. The molecule has 2 aliphatic heterocycles. The van der Waals surface area contributed by atoms with Crippen molar-refractivity contribution >= 4 is 32.3 Å². The Morgan fingerprint density at radius 3 is 2.69 bits per heavy atom. The minimum Gasteiger partial charge on any atom is -0.310 e. The van der Waals surface area contributed by atoms with Gasteiger partial charge in [-0.05, 0) is 88.5 Å². The van der Waals surface area contributed by atoms with Crippen molar-refractivity contribution in [2.75, 3.05) is 26.2 Å². The number of aromatic nitrogens is 2. The fourth-order valence-corrected chi connectivity index (χ4v) is 6.66. The van der Waals surface area contributed by atoms with E-state index in [1.54, 1.807) is 11.3 Å². The van der Waals surface area contributed by atoms with Crippen molar-refractivity contribution < 1.29 is 4.79 Å². The van der Waals surface area contributed by atoms with Crippen LogP contribution in [0.4, 0.5) is 0 Å². The SMILES string of the molecule is O=C(CCCCN1CCCCC1)c1ccc2c(c1)sc1nc(-c3ccc(C4CCCN4)cc3)cn12. The van der Waals surface area contributed by atoms with E-state index >= 15 is 0 Å². The lowest BCUT2D eigenvalue weighted by Crippen LogP contribution is -2.30. The highest BCUT2D eigenvalue weighted by molar-refractivity contribution is 7.23. The van der Waals surface area contributed by atoms with Crippen LogP contribution in [0.2, 0.25) is 0 Å². The molecule has 5 nitrogen and oxygen atoms in total. The Labute approximate surface area is 211 Å². The Morgan fingerprint density at radius 2 is 1.89 bits per heavy atom. The molecule has 1 atom stereocenters. The molecule has 2 aromatic carbocycles. The van der Waals surface area contributed by atoms with Crippen LogP contribution < -0.4 is 5.32 Å².